The van der Waals surface area contributed by atoms with Crippen molar-refractivity contribution in [3.8, 4) is 0 Å². The summed E-state index contributed by atoms with van der Waals surface area (Å²) in [4.78, 5) is 11.2. The molecule has 0 bridgehead atoms. The second-order valence-corrected chi connectivity index (χ2v) is 4.60. The summed E-state index contributed by atoms with van der Waals surface area (Å²) in [6.07, 6.45) is 2.39. The first-order valence-corrected chi connectivity index (χ1v) is 6.42. The Balaban J connectivity index is 2.37. The van der Waals surface area contributed by atoms with Gasteiger partial charge in [-0.05, 0) is 30.0 Å². The molecule has 0 aliphatic rings. The lowest BCUT2D eigenvalue weighted by atomic mass is 10.1. The number of carbonyl (C=O) groups is 1. The van der Waals surface area contributed by atoms with Crippen molar-refractivity contribution in [2.45, 2.75) is 33.3 Å². The van der Waals surface area contributed by atoms with E-state index in [9.17, 15) is 4.79 Å². The van der Waals surface area contributed by atoms with Gasteiger partial charge in [0, 0.05) is 6.61 Å². The van der Waals surface area contributed by atoms with Gasteiger partial charge in [-0.1, -0.05) is 32.4 Å². The smallest absolute Gasteiger partial charge is 0.337 e. The van der Waals surface area contributed by atoms with Gasteiger partial charge in [0.05, 0.1) is 19.3 Å². The standard InChI is InChI=1S/C15H22O3/c1-4-5-12(2)10-18-11-13-6-8-14(9-7-13)15(16)17-3/h6-9,12H,4-5,10-11H2,1-3H3. The van der Waals surface area contributed by atoms with Crippen LogP contribution < -0.4 is 0 Å². The molecule has 3 heteroatoms. The Morgan fingerprint density at radius 1 is 1.28 bits per heavy atom. The van der Waals surface area contributed by atoms with E-state index in [0.717, 1.165) is 12.2 Å². The molecular formula is C15H22O3. The van der Waals surface area contributed by atoms with Crippen molar-refractivity contribution in [3.05, 3.63) is 35.4 Å². The highest BCUT2D eigenvalue weighted by Gasteiger charge is 2.05. The Morgan fingerprint density at radius 2 is 1.94 bits per heavy atom. The molecule has 0 saturated heterocycles. The van der Waals surface area contributed by atoms with Gasteiger partial charge >= 0.3 is 5.97 Å². The normalized spacial score (nSPS) is 12.2. The van der Waals surface area contributed by atoms with Crippen molar-refractivity contribution in [1.29, 1.82) is 0 Å². The predicted octanol–water partition coefficient (Wildman–Crippen LogP) is 3.43. The summed E-state index contributed by atoms with van der Waals surface area (Å²) in [6.45, 7) is 5.76. The van der Waals surface area contributed by atoms with Crippen molar-refractivity contribution in [1.82, 2.24) is 0 Å². The lowest BCUT2D eigenvalue weighted by Crippen LogP contribution is -2.06. The van der Waals surface area contributed by atoms with E-state index < -0.39 is 0 Å². The number of esters is 1. The highest BCUT2D eigenvalue weighted by Crippen LogP contribution is 2.09. The van der Waals surface area contributed by atoms with E-state index in [1.54, 1.807) is 12.1 Å². The van der Waals surface area contributed by atoms with Crippen LogP contribution in [0.2, 0.25) is 0 Å². The molecule has 1 rings (SSSR count). The van der Waals surface area contributed by atoms with Crippen molar-refractivity contribution >= 4 is 5.97 Å². The molecule has 0 amide bonds. The number of rotatable bonds is 7. The van der Waals surface area contributed by atoms with Crippen molar-refractivity contribution in [2.75, 3.05) is 13.7 Å². The van der Waals surface area contributed by atoms with E-state index in [0.29, 0.717) is 18.1 Å². The van der Waals surface area contributed by atoms with Gasteiger partial charge in [0.25, 0.3) is 0 Å². The fourth-order valence-corrected chi connectivity index (χ4v) is 1.81. The van der Waals surface area contributed by atoms with Gasteiger partial charge in [-0.25, -0.2) is 4.79 Å². The molecule has 0 radical (unpaired) electrons. The fourth-order valence-electron chi connectivity index (χ4n) is 1.81. The molecule has 0 N–H and O–H groups in total. The zero-order chi connectivity index (χ0) is 13.4. The molecule has 1 aromatic carbocycles. The third kappa shape index (κ3) is 4.88. The van der Waals surface area contributed by atoms with Crippen LogP contribution in [0, 0.1) is 5.92 Å². The van der Waals surface area contributed by atoms with Crippen LogP contribution in [-0.2, 0) is 16.1 Å². The minimum Gasteiger partial charge on any atom is -0.465 e. The summed E-state index contributed by atoms with van der Waals surface area (Å²) in [5, 5.41) is 0. The topological polar surface area (TPSA) is 35.5 Å². The fraction of sp³-hybridized carbons (Fsp3) is 0.533. The number of methoxy groups -OCH3 is 1. The van der Waals surface area contributed by atoms with E-state index in [-0.39, 0.29) is 5.97 Å². The average molecular weight is 250 g/mol. The molecule has 3 nitrogen and oxygen atoms in total. The lowest BCUT2D eigenvalue weighted by Gasteiger charge is -2.10. The van der Waals surface area contributed by atoms with Crippen LogP contribution in [0.5, 0.6) is 0 Å². The maximum Gasteiger partial charge on any atom is 0.337 e. The minimum atomic E-state index is -0.306. The largest absolute Gasteiger partial charge is 0.465 e. The second-order valence-electron chi connectivity index (χ2n) is 4.60. The van der Waals surface area contributed by atoms with Crippen molar-refractivity contribution < 1.29 is 14.3 Å². The first-order chi connectivity index (χ1) is 8.67. The highest BCUT2D eigenvalue weighted by molar-refractivity contribution is 5.89. The summed E-state index contributed by atoms with van der Waals surface area (Å²) in [6, 6.07) is 7.33. The molecule has 18 heavy (non-hydrogen) atoms. The zero-order valence-electron chi connectivity index (χ0n) is 11.4. The van der Waals surface area contributed by atoms with Gasteiger partial charge in [-0.15, -0.1) is 0 Å². The number of hydrogen-bond acceptors (Lipinski definition) is 3. The summed E-state index contributed by atoms with van der Waals surface area (Å²) in [5.74, 6) is 0.295. The Kier molecular flexibility index (Phi) is 6.44. The van der Waals surface area contributed by atoms with E-state index in [2.05, 4.69) is 18.6 Å². The van der Waals surface area contributed by atoms with Crippen LogP contribution in [0.1, 0.15) is 42.6 Å². The second kappa shape index (κ2) is 7.88. The molecule has 0 saturated carbocycles. The van der Waals surface area contributed by atoms with Gasteiger partial charge in [-0.2, -0.15) is 0 Å². The quantitative estimate of drug-likeness (QED) is 0.695. The summed E-state index contributed by atoms with van der Waals surface area (Å²) >= 11 is 0. The van der Waals surface area contributed by atoms with E-state index in [1.165, 1.54) is 20.0 Å². The molecule has 1 atom stereocenters. The molecule has 0 aliphatic heterocycles. The lowest BCUT2D eigenvalue weighted by molar-refractivity contribution is 0.0600. The number of carbonyl (C=O) groups excluding carboxylic acids is 1. The van der Waals surface area contributed by atoms with Gasteiger partial charge in [0.1, 0.15) is 0 Å². The number of benzene rings is 1. The molecule has 0 heterocycles. The van der Waals surface area contributed by atoms with Crippen LogP contribution in [0.4, 0.5) is 0 Å². The molecule has 1 aromatic rings. The van der Waals surface area contributed by atoms with E-state index in [1.807, 2.05) is 12.1 Å². The first kappa shape index (κ1) is 14.7. The van der Waals surface area contributed by atoms with Gasteiger partial charge in [-0.3, -0.25) is 0 Å². The van der Waals surface area contributed by atoms with Crippen LogP contribution in [0.15, 0.2) is 24.3 Å². The molecular weight excluding hydrogens is 228 g/mol. The van der Waals surface area contributed by atoms with Crippen LogP contribution in [-0.4, -0.2) is 19.7 Å². The highest BCUT2D eigenvalue weighted by atomic mass is 16.5. The maximum absolute atomic E-state index is 11.2. The van der Waals surface area contributed by atoms with E-state index >= 15 is 0 Å². The Hall–Kier alpha value is -1.35. The van der Waals surface area contributed by atoms with Crippen LogP contribution >= 0.6 is 0 Å². The van der Waals surface area contributed by atoms with Crippen molar-refractivity contribution in [3.63, 3.8) is 0 Å². The third-order valence-electron chi connectivity index (χ3n) is 2.83. The van der Waals surface area contributed by atoms with Gasteiger partial charge in [0.2, 0.25) is 0 Å². The Morgan fingerprint density at radius 3 is 2.50 bits per heavy atom. The zero-order valence-corrected chi connectivity index (χ0v) is 11.4. The molecule has 0 spiro atoms. The first-order valence-electron chi connectivity index (χ1n) is 6.42. The molecule has 0 fully saturated rings. The van der Waals surface area contributed by atoms with Gasteiger partial charge in [0.15, 0.2) is 0 Å². The maximum atomic E-state index is 11.2. The summed E-state index contributed by atoms with van der Waals surface area (Å²) in [5.41, 5.74) is 1.65. The molecule has 0 aromatic heterocycles. The monoisotopic (exact) mass is 250 g/mol. The molecule has 100 valence electrons. The van der Waals surface area contributed by atoms with Crippen LogP contribution in [0.3, 0.4) is 0 Å². The molecule has 0 aliphatic carbocycles. The van der Waals surface area contributed by atoms with E-state index in [4.69, 9.17) is 4.74 Å². The molecule has 1 unspecified atom stereocenters. The predicted molar refractivity (Wildman–Crippen MR) is 71.5 cm³/mol. The number of hydrogen-bond donors (Lipinski definition) is 0. The number of ether oxygens (including phenoxy) is 2. The third-order valence-corrected chi connectivity index (χ3v) is 2.83. The Bertz CT molecular complexity index is 357. The van der Waals surface area contributed by atoms with Crippen LogP contribution in [0.25, 0.3) is 0 Å². The van der Waals surface area contributed by atoms with Crippen molar-refractivity contribution in [2.24, 2.45) is 5.92 Å². The minimum absolute atomic E-state index is 0.306. The Labute approximate surface area is 109 Å². The average Bonchev–Trinajstić information content (AvgIpc) is 2.39. The summed E-state index contributed by atoms with van der Waals surface area (Å²) in [7, 11) is 1.38. The SMILES string of the molecule is CCCC(C)COCc1ccc(C(=O)OC)cc1. The summed E-state index contributed by atoms with van der Waals surface area (Å²) < 4.78 is 10.3. The van der Waals surface area contributed by atoms with Gasteiger partial charge < -0.3 is 9.47 Å².